The van der Waals surface area contributed by atoms with Crippen molar-refractivity contribution < 1.29 is 4.79 Å². The predicted octanol–water partition coefficient (Wildman–Crippen LogP) is 4.72. The molecule has 3 aromatic rings. The van der Waals surface area contributed by atoms with Crippen LogP contribution < -0.4 is 5.32 Å². The van der Waals surface area contributed by atoms with Gasteiger partial charge in [0.2, 0.25) is 0 Å². The van der Waals surface area contributed by atoms with Crippen LogP contribution in [0.5, 0.6) is 0 Å². The van der Waals surface area contributed by atoms with Crippen molar-refractivity contribution in [3.8, 4) is 5.69 Å². The molecule has 1 N–H and O–H groups in total. The molecule has 4 rings (SSSR count). The zero-order valence-corrected chi connectivity index (χ0v) is 16.0. The lowest BCUT2D eigenvalue weighted by Crippen LogP contribution is -2.15. The predicted molar refractivity (Wildman–Crippen MR) is 105 cm³/mol. The van der Waals surface area contributed by atoms with Crippen LogP contribution in [0.4, 0.5) is 5.69 Å². The maximum absolute atomic E-state index is 12.8. The van der Waals surface area contributed by atoms with Crippen molar-refractivity contribution in [2.45, 2.75) is 32.1 Å². The molecule has 0 spiro atoms. The zero-order valence-electron chi connectivity index (χ0n) is 14.4. The van der Waals surface area contributed by atoms with E-state index in [1.807, 2.05) is 48.5 Å². The van der Waals surface area contributed by atoms with Crippen molar-refractivity contribution in [2.75, 3.05) is 5.32 Å². The smallest absolute Gasteiger partial charge is 0.278 e. The van der Waals surface area contributed by atoms with E-state index >= 15 is 0 Å². The molecule has 26 heavy (non-hydrogen) atoms. The molecule has 1 saturated carbocycles. The lowest BCUT2D eigenvalue weighted by atomic mass is 10.1. The Morgan fingerprint density at radius 1 is 1.15 bits per heavy atom. The first kappa shape index (κ1) is 17.0. The van der Waals surface area contributed by atoms with Gasteiger partial charge in [-0.05, 0) is 61.2 Å². The Balaban J connectivity index is 1.63. The molecule has 0 unspecified atom stereocenters. The van der Waals surface area contributed by atoms with Crippen LogP contribution in [0.2, 0.25) is 0 Å². The highest BCUT2D eigenvalue weighted by Gasteiger charge is 2.34. The number of nitrogens with zero attached hydrogens (tertiary/aromatic N) is 3. The number of benzene rings is 2. The Hall–Kier alpha value is -2.47. The Labute approximate surface area is 160 Å². The number of aromatic nitrogens is 3. The summed E-state index contributed by atoms with van der Waals surface area (Å²) in [6, 6.07) is 15.8. The third-order valence-electron chi connectivity index (χ3n) is 4.58. The molecular formula is C20H19BrN4O. The summed E-state index contributed by atoms with van der Waals surface area (Å²) < 4.78 is 2.79. The molecule has 1 heterocycles. The van der Waals surface area contributed by atoms with Gasteiger partial charge in [0.25, 0.3) is 5.91 Å². The normalized spacial score (nSPS) is 13.6. The molecule has 1 amide bonds. The molecule has 0 atom stereocenters. The summed E-state index contributed by atoms with van der Waals surface area (Å²) in [5.41, 5.74) is 4.23. The highest BCUT2D eigenvalue weighted by Crippen LogP contribution is 2.42. The van der Waals surface area contributed by atoms with Gasteiger partial charge in [0, 0.05) is 16.1 Å². The standard InChI is InChI=1S/C20H19BrN4O/c1-2-13-3-9-16(10-4-13)22-20(26)18-19(14-5-6-14)25(24-23-18)17-11-7-15(21)8-12-17/h3-4,7-12,14H,2,5-6H2,1H3,(H,22,26). The van der Waals surface area contributed by atoms with Crippen LogP contribution in [-0.2, 0) is 6.42 Å². The molecule has 5 nitrogen and oxygen atoms in total. The number of nitrogens with one attached hydrogen (secondary N) is 1. The molecule has 0 saturated heterocycles. The third kappa shape index (κ3) is 3.42. The van der Waals surface area contributed by atoms with E-state index in [1.165, 1.54) is 5.56 Å². The minimum absolute atomic E-state index is 0.209. The minimum atomic E-state index is -0.209. The summed E-state index contributed by atoms with van der Waals surface area (Å²) in [5, 5.41) is 11.4. The summed E-state index contributed by atoms with van der Waals surface area (Å²) in [7, 11) is 0. The second-order valence-corrected chi connectivity index (χ2v) is 7.41. The summed E-state index contributed by atoms with van der Waals surface area (Å²) >= 11 is 3.44. The topological polar surface area (TPSA) is 59.8 Å². The van der Waals surface area contributed by atoms with Gasteiger partial charge < -0.3 is 5.32 Å². The molecule has 0 radical (unpaired) electrons. The van der Waals surface area contributed by atoms with E-state index in [9.17, 15) is 4.79 Å². The molecule has 1 fully saturated rings. The average molecular weight is 411 g/mol. The van der Waals surface area contributed by atoms with E-state index in [4.69, 9.17) is 0 Å². The highest BCUT2D eigenvalue weighted by molar-refractivity contribution is 9.10. The van der Waals surface area contributed by atoms with Crippen LogP contribution in [-0.4, -0.2) is 20.9 Å². The average Bonchev–Trinajstić information content (AvgIpc) is 3.41. The maximum atomic E-state index is 12.8. The SMILES string of the molecule is CCc1ccc(NC(=O)c2nnn(-c3ccc(Br)cc3)c2C2CC2)cc1. The van der Waals surface area contributed by atoms with E-state index in [0.29, 0.717) is 11.6 Å². The second-order valence-electron chi connectivity index (χ2n) is 6.49. The quantitative estimate of drug-likeness (QED) is 0.661. The molecule has 1 aromatic heterocycles. The number of amides is 1. The molecule has 2 aromatic carbocycles. The van der Waals surface area contributed by atoms with Gasteiger partial charge in [0.05, 0.1) is 11.4 Å². The van der Waals surface area contributed by atoms with Gasteiger partial charge in [-0.2, -0.15) is 0 Å². The van der Waals surface area contributed by atoms with E-state index < -0.39 is 0 Å². The van der Waals surface area contributed by atoms with Gasteiger partial charge in [0.1, 0.15) is 0 Å². The Morgan fingerprint density at radius 3 is 2.46 bits per heavy atom. The van der Waals surface area contributed by atoms with Crippen LogP contribution in [0.25, 0.3) is 5.69 Å². The number of anilines is 1. The first-order valence-electron chi connectivity index (χ1n) is 8.77. The summed E-state index contributed by atoms with van der Waals surface area (Å²) in [6.07, 6.45) is 3.10. The molecular weight excluding hydrogens is 392 g/mol. The fourth-order valence-electron chi connectivity index (χ4n) is 2.96. The summed E-state index contributed by atoms with van der Waals surface area (Å²) in [4.78, 5) is 12.8. The van der Waals surface area contributed by atoms with E-state index in [2.05, 4.69) is 38.5 Å². The van der Waals surface area contributed by atoms with Crippen LogP contribution in [0, 0.1) is 0 Å². The molecule has 0 bridgehead atoms. The number of hydrogen-bond donors (Lipinski definition) is 1. The fraction of sp³-hybridized carbons (Fsp3) is 0.250. The molecule has 6 heteroatoms. The number of carbonyl (C=O) groups is 1. The first-order valence-corrected chi connectivity index (χ1v) is 9.57. The van der Waals surface area contributed by atoms with Gasteiger partial charge >= 0.3 is 0 Å². The van der Waals surface area contributed by atoms with E-state index in [1.54, 1.807) is 4.68 Å². The monoisotopic (exact) mass is 410 g/mol. The summed E-state index contributed by atoms with van der Waals surface area (Å²) in [6.45, 7) is 2.11. The first-order chi connectivity index (χ1) is 12.7. The van der Waals surface area contributed by atoms with Gasteiger partial charge in [0.15, 0.2) is 5.69 Å². The zero-order chi connectivity index (χ0) is 18.1. The lowest BCUT2D eigenvalue weighted by molar-refractivity contribution is 0.102. The Bertz CT molecular complexity index is 927. The number of hydrogen-bond acceptors (Lipinski definition) is 3. The maximum Gasteiger partial charge on any atom is 0.278 e. The van der Waals surface area contributed by atoms with E-state index in [-0.39, 0.29) is 5.91 Å². The van der Waals surface area contributed by atoms with Gasteiger partial charge in [-0.25, -0.2) is 4.68 Å². The van der Waals surface area contributed by atoms with Crippen LogP contribution in [0.3, 0.4) is 0 Å². The van der Waals surface area contributed by atoms with Crippen molar-refractivity contribution in [1.82, 2.24) is 15.0 Å². The Kier molecular flexibility index (Phi) is 4.59. The number of rotatable bonds is 5. The van der Waals surface area contributed by atoms with Crippen molar-refractivity contribution in [3.63, 3.8) is 0 Å². The fourth-order valence-corrected chi connectivity index (χ4v) is 3.23. The largest absolute Gasteiger partial charge is 0.321 e. The third-order valence-corrected chi connectivity index (χ3v) is 5.10. The number of aryl methyl sites for hydroxylation is 1. The molecule has 132 valence electrons. The molecule has 1 aliphatic rings. The van der Waals surface area contributed by atoms with Crippen LogP contribution in [0.15, 0.2) is 53.0 Å². The number of halogens is 1. The second kappa shape index (κ2) is 7.03. The molecule has 1 aliphatic carbocycles. The summed E-state index contributed by atoms with van der Waals surface area (Å²) in [5.74, 6) is 0.136. The van der Waals surface area contributed by atoms with E-state index in [0.717, 1.165) is 40.8 Å². The van der Waals surface area contributed by atoms with Gasteiger partial charge in [-0.3, -0.25) is 4.79 Å². The van der Waals surface area contributed by atoms with Crippen LogP contribution in [0.1, 0.15) is 47.4 Å². The van der Waals surface area contributed by atoms with Crippen molar-refractivity contribution >= 4 is 27.5 Å². The van der Waals surface area contributed by atoms with Crippen LogP contribution >= 0.6 is 15.9 Å². The van der Waals surface area contributed by atoms with Crippen molar-refractivity contribution in [2.24, 2.45) is 0 Å². The minimum Gasteiger partial charge on any atom is -0.321 e. The van der Waals surface area contributed by atoms with Crippen molar-refractivity contribution in [3.05, 3.63) is 70.0 Å². The van der Waals surface area contributed by atoms with Gasteiger partial charge in [-0.1, -0.05) is 40.2 Å². The van der Waals surface area contributed by atoms with Gasteiger partial charge in [-0.15, -0.1) is 5.10 Å². The number of carbonyl (C=O) groups excluding carboxylic acids is 1. The van der Waals surface area contributed by atoms with Crippen molar-refractivity contribution in [1.29, 1.82) is 0 Å². The lowest BCUT2D eigenvalue weighted by Gasteiger charge is -2.08. The Morgan fingerprint density at radius 2 is 1.85 bits per heavy atom. The molecule has 0 aliphatic heterocycles. The highest BCUT2D eigenvalue weighted by atomic mass is 79.9.